The number of aliphatic hydroxyl groups excluding tert-OH is 1. The lowest BCUT2D eigenvalue weighted by atomic mass is 10.2. The molecule has 1 unspecified atom stereocenters. The Kier molecular flexibility index (Phi) is 7.69. The summed E-state index contributed by atoms with van der Waals surface area (Å²) in [5.41, 5.74) is 1.66. The Hall–Kier alpha value is -2.11. The number of benzene rings is 1. The fraction of sp³-hybridized carbons (Fsp3) is 0.429. The Balaban J connectivity index is 1.37. The molecule has 1 fully saturated rings. The fourth-order valence-corrected chi connectivity index (χ4v) is 3.65. The highest BCUT2D eigenvalue weighted by Crippen LogP contribution is 2.19. The highest BCUT2D eigenvalue weighted by molar-refractivity contribution is 7.98. The predicted molar refractivity (Wildman–Crippen MR) is 110 cm³/mol. The van der Waals surface area contributed by atoms with E-state index in [4.69, 9.17) is 10.00 Å². The van der Waals surface area contributed by atoms with Gasteiger partial charge in [0.15, 0.2) is 0 Å². The molecule has 3 rings (SSSR count). The molecule has 1 aromatic carbocycles. The van der Waals surface area contributed by atoms with Crippen molar-refractivity contribution in [1.29, 1.82) is 5.26 Å². The average Bonchev–Trinajstić information content (AvgIpc) is 2.74. The van der Waals surface area contributed by atoms with Crippen LogP contribution in [0.2, 0.25) is 0 Å². The molecular formula is C21H26N4O2S. The van der Waals surface area contributed by atoms with E-state index in [9.17, 15) is 5.11 Å². The van der Waals surface area contributed by atoms with Crippen molar-refractivity contribution in [2.45, 2.75) is 17.5 Å². The molecule has 1 atom stereocenters. The molecule has 0 aliphatic carbocycles. The topological polar surface area (TPSA) is 72.6 Å². The number of thioether (sulfide) groups is 1. The van der Waals surface area contributed by atoms with Gasteiger partial charge in [0.05, 0.1) is 5.56 Å². The molecule has 28 heavy (non-hydrogen) atoms. The number of nitrogens with zero attached hydrogens (tertiary/aromatic N) is 4. The van der Waals surface area contributed by atoms with E-state index in [0.717, 1.165) is 44.0 Å². The first kappa shape index (κ1) is 20.6. The van der Waals surface area contributed by atoms with Crippen LogP contribution in [0.15, 0.2) is 47.6 Å². The van der Waals surface area contributed by atoms with Gasteiger partial charge in [0, 0.05) is 56.6 Å². The van der Waals surface area contributed by atoms with Gasteiger partial charge in [-0.2, -0.15) is 5.26 Å². The standard InChI is InChI=1S/C21H26N4O2S/c1-28-21-4-2-20(3-5-21)27-16-19(26)15-25-8-6-24(7-9-25)14-18-10-17(11-22)12-23-13-18/h2-5,10,12-13,19,26H,6-9,14-16H2,1H3. The van der Waals surface area contributed by atoms with Crippen LogP contribution >= 0.6 is 11.8 Å². The van der Waals surface area contributed by atoms with Crippen LogP contribution in [-0.4, -0.2) is 71.6 Å². The summed E-state index contributed by atoms with van der Waals surface area (Å²) in [6.45, 7) is 5.39. The van der Waals surface area contributed by atoms with Crippen molar-refractivity contribution in [2.75, 3.05) is 45.6 Å². The molecule has 1 aromatic heterocycles. The summed E-state index contributed by atoms with van der Waals surface area (Å²) < 4.78 is 5.70. The third-order valence-electron chi connectivity index (χ3n) is 4.77. The number of aromatic nitrogens is 1. The van der Waals surface area contributed by atoms with Gasteiger partial charge in [0.25, 0.3) is 0 Å². The quantitative estimate of drug-likeness (QED) is 0.684. The van der Waals surface area contributed by atoms with Crippen molar-refractivity contribution >= 4 is 11.8 Å². The maximum absolute atomic E-state index is 10.3. The SMILES string of the molecule is CSc1ccc(OCC(O)CN2CCN(Cc3cncc(C#N)c3)CC2)cc1. The van der Waals surface area contributed by atoms with E-state index < -0.39 is 6.10 Å². The number of piperazine rings is 1. The lowest BCUT2D eigenvalue weighted by molar-refractivity contribution is 0.0446. The molecule has 0 amide bonds. The number of β-amino-alcohol motifs (C(OH)–C–C–N with tert-alkyl or cyclic N) is 1. The number of rotatable bonds is 8. The second-order valence-electron chi connectivity index (χ2n) is 6.91. The van der Waals surface area contributed by atoms with Gasteiger partial charge in [-0.1, -0.05) is 0 Å². The maximum atomic E-state index is 10.3. The Morgan fingerprint density at radius 1 is 1.18 bits per heavy atom. The number of ether oxygens (including phenoxy) is 1. The minimum Gasteiger partial charge on any atom is -0.491 e. The molecule has 1 N–H and O–H groups in total. The van der Waals surface area contributed by atoms with Gasteiger partial charge in [-0.05, 0) is 42.2 Å². The molecule has 2 heterocycles. The van der Waals surface area contributed by atoms with Crippen molar-refractivity contribution < 1.29 is 9.84 Å². The molecule has 6 nitrogen and oxygen atoms in total. The number of hydrogen-bond acceptors (Lipinski definition) is 7. The summed E-state index contributed by atoms with van der Waals surface area (Å²) in [4.78, 5) is 9.94. The Morgan fingerprint density at radius 2 is 1.89 bits per heavy atom. The van der Waals surface area contributed by atoms with Crippen molar-refractivity contribution in [1.82, 2.24) is 14.8 Å². The molecule has 1 saturated heterocycles. The first-order chi connectivity index (χ1) is 13.7. The number of hydrogen-bond donors (Lipinski definition) is 1. The normalized spacial score (nSPS) is 16.5. The average molecular weight is 399 g/mol. The van der Waals surface area contributed by atoms with Crippen LogP contribution < -0.4 is 4.74 Å². The highest BCUT2D eigenvalue weighted by Gasteiger charge is 2.19. The van der Waals surface area contributed by atoms with Crippen molar-refractivity contribution in [2.24, 2.45) is 0 Å². The van der Waals surface area contributed by atoms with Crippen molar-refractivity contribution in [3.8, 4) is 11.8 Å². The molecule has 0 saturated carbocycles. The minimum atomic E-state index is -0.511. The van der Waals surface area contributed by atoms with Gasteiger partial charge < -0.3 is 9.84 Å². The minimum absolute atomic E-state index is 0.297. The number of nitriles is 1. The molecule has 0 radical (unpaired) electrons. The van der Waals surface area contributed by atoms with Crippen LogP contribution in [0.1, 0.15) is 11.1 Å². The second-order valence-corrected chi connectivity index (χ2v) is 7.79. The van der Waals surface area contributed by atoms with E-state index in [1.54, 1.807) is 18.0 Å². The smallest absolute Gasteiger partial charge is 0.119 e. The van der Waals surface area contributed by atoms with Gasteiger partial charge in [0.2, 0.25) is 0 Å². The van der Waals surface area contributed by atoms with Crippen molar-refractivity contribution in [3.63, 3.8) is 0 Å². The van der Waals surface area contributed by atoms with Gasteiger partial charge in [-0.15, -0.1) is 11.8 Å². The predicted octanol–water partition coefficient (Wildman–Crippen LogP) is 2.23. The summed E-state index contributed by atoms with van der Waals surface area (Å²) in [5, 5.41) is 19.3. The summed E-state index contributed by atoms with van der Waals surface area (Å²) in [5.74, 6) is 0.787. The van der Waals surface area contributed by atoms with E-state index in [1.807, 2.05) is 42.8 Å². The molecule has 1 aliphatic heterocycles. The van der Waals surface area contributed by atoms with Crippen molar-refractivity contribution in [3.05, 3.63) is 53.9 Å². The van der Waals surface area contributed by atoms with Crippen LogP contribution in [0.3, 0.4) is 0 Å². The number of aliphatic hydroxyl groups is 1. The molecule has 148 valence electrons. The summed E-state index contributed by atoms with van der Waals surface area (Å²) in [6, 6.07) is 11.9. The van der Waals surface area contributed by atoms with Crippen LogP contribution in [0, 0.1) is 11.3 Å². The van der Waals surface area contributed by atoms with Gasteiger partial charge in [0.1, 0.15) is 24.5 Å². The number of pyridine rings is 1. The van der Waals surface area contributed by atoms with Gasteiger partial charge in [-0.25, -0.2) is 0 Å². The Labute approximate surface area is 170 Å². The summed E-state index contributed by atoms with van der Waals surface area (Å²) in [6.07, 6.45) is 4.94. The highest BCUT2D eigenvalue weighted by atomic mass is 32.2. The van der Waals surface area contributed by atoms with Crippen LogP contribution in [0.4, 0.5) is 0 Å². The monoisotopic (exact) mass is 398 g/mol. The molecule has 0 spiro atoms. The third kappa shape index (κ3) is 6.21. The first-order valence-electron chi connectivity index (χ1n) is 9.40. The Morgan fingerprint density at radius 3 is 2.57 bits per heavy atom. The van der Waals surface area contributed by atoms with E-state index in [-0.39, 0.29) is 0 Å². The Bertz CT molecular complexity index is 786. The van der Waals surface area contributed by atoms with E-state index in [1.165, 1.54) is 4.90 Å². The lowest BCUT2D eigenvalue weighted by Gasteiger charge is -2.35. The van der Waals surface area contributed by atoms with E-state index in [0.29, 0.717) is 18.7 Å². The zero-order valence-corrected chi connectivity index (χ0v) is 16.9. The van der Waals surface area contributed by atoms with Gasteiger partial charge >= 0.3 is 0 Å². The van der Waals surface area contributed by atoms with Crippen LogP contribution in [0.5, 0.6) is 5.75 Å². The largest absolute Gasteiger partial charge is 0.491 e. The molecule has 0 bridgehead atoms. The fourth-order valence-electron chi connectivity index (χ4n) is 3.24. The van der Waals surface area contributed by atoms with Crippen LogP contribution in [-0.2, 0) is 6.54 Å². The zero-order chi connectivity index (χ0) is 19.8. The lowest BCUT2D eigenvalue weighted by Crippen LogP contribution is -2.48. The zero-order valence-electron chi connectivity index (χ0n) is 16.1. The molecule has 2 aromatic rings. The van der Waals surface area contributed by atoms with Crippen LogP contribution in [0.25, 0.3) is 0 Å². The summed E-state index contributed by atoms with van der Waals surface area (Å²) in [7, 11) is 0. The third-order valence-corrected chi connectivity index (χ3v) is 5.51. The van der Waals surface area contributed by atoms with E-state index in [2.05, 4.69) is 20.9 Å². The summed E-state index contributed by atoms with van der Waals surface area (Å²) >= 11 is 1.69. The molecule has 7 heteroatoms. The van der Waals surface area contributed by atoms with Gasteiger partial charge in [-0.3, -0.25) is 14.8 Å². The van der Waals surface area contributed by atoms with E-state index >= 15 is 0 Å². The molecular weight excluding hydrogens is 372 g/mol. The molecule has 1 aliphatic rings. The second kappa shape index (κ2) is 10.4. The maximum Gasteiger partial charge on any atom is 0.119 e. The first-order valence-corrected chi connectivity index (χ1v) is 10.6.